The maximum absolute atomic E-state index is 12.0. The molecule has 0 amide bonds. The summed E-state index contributed by atoms with van der Waals surface area (Å²) in [5.74, 6) is 0.669. The molecule has 2 heterocycles. The lowest BCUT2D eigenvalue weighted by molar-refractivity contribution is 1.01. The first-order valence-electron chi connectivity index (χ1n) is 6.43. The Balaban J connectivity index is 2.29. The summed E-state index contributed by atoms with van der Waals surface area (Å²) in [6.07, 6.45) is 2.25. The van der Waals surface area contributed by atoms with E-state index in [0.29, 0.717) is 23.5 Å². The lowest BCUT2D eigenvalue weighted by Crippen LogP contribution is -2.18. The minimum absolute atomic E-state index is 0.204. The molecular weight excluding hydrogens is 252 g/mol. The summed E-state index contributed by atoms with van der Waals surface area (Å²) in [6.45, 7) is 1.87. The molecule has 3 aromatic rings. The van der Waals surface area contributed by atoms with Crippen LogP contribution in [0.15, 0.2) is 41.3 Å². The predicted molar refractivity (Wildman–Crippen MR) is 79.4 cm³/mol. The van der Waals surface area contributed by atoms with Crippen molar-refractivity contribution in [1.29, 1.82) is 0 Å². The van der Waals surface area contributed by atoms with Gasteiger partial charge in [0.15, 0.2) is 5.82 Å². The van der Waals surface area contributed by atoms with Crippen molar-refractivity contribution in [2.75, 3.05) is 5.73 Å². The molecule has 20 heavy (non-hydrogen) atoms. The van der Waals surface area contributed by atoms with E-state index in [2.05, 4.69) is 15.0 Å². The van der Waals surface area contributed by atoms with E-state index in [9.17, 15) is 4.79 Å². The second-order valence-corrected chi connectivity index (χ2v) is 4.51. The molecule has 0 bridgehead atoms. The summed E-state index contributed by atoms with van der Waals surface area (Å²) in [7, 11) is 0. The van der Waals surface area contributed by atoms with Crippen LogP contribution >= 0.6 is 0 Å². The highest BCUT2D eigenvalue weighted by Crippen LogP contribution is 2.23. The molecule has 3 N–H and O–H groups in total. The summed E-state index contributed by atoms with van der Waals surface area (Å²) < 4.78 is 0. The Bertz CT molecular complexity index is 833. The summed E-state index contributed by atoms with van der Waals surface area (Å²) in [5, 5.41) is 1.97. The number of hydrogen-bond donors (Lipinski definition) is 2. The van der Waals surface area contributed by atoms with Crippen LogP contribution in [-0.4, -0.2) is 15.0 Å². The van der Waals surface area contributed by atoms with Gasteiger partial charge in [-0.1, -0.05) is 31.2 Å². The molecule has 5 heteroatoms. The fourth-order valence-corrected chi connectivity index (χ4v) is 2.28. The van der Waals surface area contributed by atoms with E-state index in [1.54, 1.807) is 6.20 Å². The largest absolute Gasteiger partial charge is 0.383 e. The molecule has 0 fully saturated rings. The van der Waals surface area contributed by atoms with Crippen molar-refractivity contribution in [1.82, 2.24) is 15.0 Å². The predicted octanol–water partition coefficient (Wildman–Crippen LogP) is 2.13. The fourth-order valence-electron chi connectivity index (χ4n) is 2.28. The first-order chi connectivity index (χ1) is 9.70. The lowest BCUT2D eigenvalue weighted by Gasteiger charge is -2.07. The van der Waals surface area contributed by atoms with Crippen molar-refractivity contribution in [3.05, 3.63) is 52.4 Å². The maximum atomic E-state index is 12.0. The van der Waals surface area contributed by atoms with E-state index in [0.717, 1.165) is 10.8 Å². The Morgan fingerprint density at radius 1 is 1.25 bits per heavy atom. The highest BCUT2D eigenvalue weighted by Gasteiger charge is 2.11. The smallest absolute Gasteiger partial charge is 0.256 e. The summed E-state index contributed by atoms with van der Waals surface area (Å²) in [5.41, 5.74) is 6.79. The zero-order valence-corrected chi connectivity index (χ0v) is 11.1. The van der Waals surface area contributed by atoms with Gasteiger partial charge in [-0.2, -0.15) is 0 Å². The van der Waals surface area contributed by atoms with Gasteiger partial charge in [-0.15, -0.1) is 0 Å². The number of benzene rings is 1. The Labute approximate surface area is 115 Å². The number of H-pyrrole nitrogens is 1. The number of hydrogen-bond acceptors (Lipinski definition) is 4. The molecule has 100 valence electrons. The van der Waals surface area contributed by atoms with Crippen LogP contribution in [0.25, 0.3) is 22.3 Å². The first kappa shape index (κ1) is 12.3. The van der Waals surface area contributed by atoms with Crippen molar-refractivity contribution >= 4 is 16.6 Å². The van der Waals surface area contributed by atoms with E-state index in [1.807, 2.05) is 37.3 Å². The highest BCUT2D eigenvalue weighted by atomic mass is 16.1. The van der Waals surface area contributed by atoms with E-state index in [4.69, 9.17) is 5.73 Å². The van der Waals surface area contributed by atoms with Gasteiger partial charge in [0, 0.05) is 11.6 Å². The van der Waals surface area contributed by atoms with Gasteiger partial charge in [0.2, 0.25) is 0 Å². The van der Waals surface area contributed by atoms with E-state index in [1.165, 1.54) is 0 Å². The average molecular weight is 266 g/mol. The van der Waals surface area contributed by atoms with Gasteiger partial charge in [0.25, 0.3) is 5.56 Å². The van der Waals surface area contributed by atoms with Crippen LogP contribution in [-0.2, 0) is 6.42 Å². The Morgan fingerprint density at radius 3 is 2.80 bits per heavy atom. The fraction of sp³-hybridized carbons (Fsp3) is 0.133. The minimum Gasteiger partial charge on any atom is -0.383 e. The first-order valence-corrected chi connectivity index (χ1v) is 6.43. The van der Waals surface area contributed by atoms with Crippen LogP contribution < -0.4 is 11.3 Å². The van der Waals surface area contributed by atoms with Crippen LogP contribution in [0.5, 0.6) is 0 Å². The zero-order valence-electron chi connectivity index (χ0n) is 11.1. The number of nitrogens with one attached hydrogen (secondary N) is 1. The third-order valence-electron chi connectivity index (χ3n) is 3.30. The molecule has 0 radical (unpaired) electrons. The van der Waals surface area contributed by atoms with Gasteiger partial charge >= 0.3 is 0 Å². The number of pyridine rings is 1. The molecule has 0 unspecified atom stereocenters. The van der Waals surface area contributed by atoms with Crippen LogP contribution in [0.4, 0.5) is 5.82 Å². The molecule has 5 nitrogen and oxygen atoms in total. The normalized spacial score (nSPS) is 10.8. The molecule has 0 spiro atoms. The van der Waals surface area contributed by atoms with E-state index >= 15 is 0 Å². The number of rotatable bonds is 2. The average Bonchev–Trinajstić information content (AvgIpc) is 2.46. The van der Waals surface area contributed by atoms with Crippen molar-refractivity contribution in [3.8, 4) is 11.5 Å². The van der Waals surface area contributed by atoms with Crippen molar-refractivity contribution in [2.45, 2.75) is 13.3 Å². The standard InChI is InChI=1S/C15H14N4O/c1-2-10-13(16)18-14(19-15(10)20)12-11-6-4-3-5-9(11)7-8-17-12/h3-8H,2H2,1H3,(H3,16,18,19,20). The number of aromatic amines is 1. The van der Waals surface area contributed by atoms with Gasteiger partial charge in [-0.05, 0) is 17.9 Å². The summed E-state index contributed by atoms with van der Waals surface area (Å²) in [6, 6.07) is 9.73. The molecule has 0 aliphatic heterocycles. The molecule has 0 saturated carbocycles. The highest BCUT2D eigenvalue weighted by molar-refractivity contribution is 5.92. The number of aromatic nitrogens is 3. The zero-order chi connectivity index (χ0) is 14.1. The topological polar surface area (TPSA) is 84.7 Å². The van der Waals surface area contributed by atoms with Crippen molar-refractivity contribution < 1.29 is 0 Å². The lowest BCUT2D eigenvalue weighted by atomic mass is 10.1. The van der Waals surface area contributed by atoms with E-state index in [-0.39, 0.29) is 11.4 Å². The number of anilines is 1. The van der Waals surface area contributed by atoms with E-state index < -0.39 is 0 Å². The Hall–Kier alpha value is -2.69. The van der Waals surface area contributed by atoms with Crippen molar-refractivity contribution in [3.63, 3.8) is 0 Å². The van der Waals surface area contributed by atoms with Gasteiger partial charge in [-0.3, -0.25) is 9.78 Å². The summed E-state index contributed by atoms with van der Waals surface area (Å²) in [4.78, 5) is 23.4. The van der Waals surface area contributed by atoms with Gasteiger partial charge in [-0.25, -0.2) is 4.98 Å². The van der Waals surface area contributed by atoms with Crippen LogP contribution in [0, 0.1) is 0 Å². The molecule has 0 atom stereocenters. The minimum atomic E-state index is -0.204. The number of nitrogens with zero attached hydrogens (tertiary/aromatic N) is 2. The number of fused-ring (bicyclic) bond motifs is 1. The quantitative estimate of drug-likeness (QED) is 0.744. The molecule has 1 aromatic carbocycles. The maximum Gasteiger partial charge on any atom is 0.256 e. The third kappa shape index (κ3) is 1.93. The Morgan fingerprint density at radius 2 is 2.05 bits per heavy atom. The number of nitrogens with two attached hydrogens (primary N) is 1. The summed E-state index contributed by atoms with van der Waals surface area (Å²) >= 11 is 0. The molecule has 0 aliphatic carbocycles. The van der Waals surface area contributed by atoms with Crippen molar-refractivity contribution in [2.24, 2.45) is 0 Å². The SMILES string of the molecule is CCc1c(N)nc(-c2nccc3ccccc23)[nH]c1=O. The second-order valence-electron chi connectivity index (χ2n) is 4.51. The van der Waals surface area contributed by atoms with Gasteiger partial charge in [0.1, 0.15) is 11.5 Å². The van der Waals surface area contributed by atoms with Crippen LogP contribution in [0.1, 0.15) is 12.5 Å². The third-order valence-corrected chi connectivity index (χ3v) is 3.30. The van der Waals surface area contributed by atoms with Gasteiger partial charge < -0.3 is 10.7 Å². The molecule has 0 saturated heterocycles. The molecular formula is C15H14N4O. The number of nitrogen functional groups attached to an aromatic ring is 1. The molecule has 2 aromatic heterocycles. The van der Waals surface area contributed by atoms with Gasteiger partial charge in [0.05, 0.1) is 5.56 Å². The van der Waals surface area contributed by atoms with Crippen LogP contribution in [0.2, 0.25) is 0 Å². The second kappa shape index (κ2) is 4.77. The Kier molecular flexibility index (Phi) is 2.95. The van der Waals surface area contributed by atoms with Crippen LogP contribution in [0.3, 0.4) is 0 Å². The monoisotopic (exact) mass is 266 g/mol. The molecule has 0 aliphatic rings. The molecule has 3 rings (SSSR count).